The Morgan fingerprint density at radius 2 is 2.29 bits per heavy atom. The Morgan fingerprint density at radius 1 is 1.52 bits per heavy atom. The second-order valence-corrected chi connectivity index (χ2v) is 5.01. The van der Waals surface area contributed by atoms with E-state index in [2.05, 4.69) is 6.58 Å². The number of carbonyl (C=O) groups excluding carboxylic acids is 1. The molecule has 0 spiro atoms. The van der Waals surface area contributed by atoms with E-state index in [-0.39, 0.29) is 12.3 Å². The minimum atomic E-state index is -0.804. The van der Waals surface area contributed by atoms with Crippen molar-refractivity contribution in [1.29, 1.82) is 0 Å². The molecule has 5 heteroatoms. The van der Waals surface area contributed by atoms with Crippen molar-refractivity contribution in [3.05, 3.63) is 36.4 Å². The normalized spacial score (nSPS) is 13.2. The summed E-state index contributed by atoms with van der Waals surface area (Å²) in [5, 5.41) is 8.80. The number of carboxylic acid groups (broad SMARTS) is 1. The second-order valence-electron chi connectivity index (χ2n) is 5.01. The molecule has 5 nitrogen and oxygen atoms in total. The number of fused-ring (bicyclic) bond motifs is 1. The number of nitrogens with zero attached hydrogens (tertiary/aromatic N) is 2. The zero-order valence-electron chi connectivity index (χ0n) is 12.2. The van der Waals surface area contributed by atoms with E-state index in [1.54, 1.807) is 11.0 Å². The summed E-state index contributed by atoms with van der Waals surface area (Å²) in [6.07, 6.45) is 2.21. The maximum atomic E-state index is 12.0. The first-order valence-electron chi connectivity index (χ1n) is 7.07. The van der Waals surface area contributed by atoms with Crippen LogP contribution in [0.15, 0.2) is 30.9 Å². The lowest BCUT2D eigenvalue weighted by atomic mass is 10.1. The van der Waals surface area contributed by atoms with Crippen molar-refractivity contribution in [1.82, 2.24) is 0 Å². The van der Waals surface area contributed by atoms with Gasteiger partial charge in [-0.3, -0.25) is 9.59 Å². The van der Waals surface area contributed by atoms with Crippen LogP contribution in [0.2, 0.25) is 0 Å². The molecule has 0 unspecified atom stereocenters. The minimum Gasteiger partial charge on any atom is -0.481 e. The first-order chi connectivity index (χ1) is 10.1. The topological polar surface area (TPSA) is 60.9 Å². The molecule has 1 aliphatic heterocycles. The molecule has 21 heavy (non-hydrogen) atoms. The van der Waals surface area contributed by atoms with Gasteiger partial charge in [-0.15, -0.1) is 6.58 Å². The quantitative estimate of drug-likeness (QED) is 0.780. The fourth-order valence-electron chi connectivity index (χ4n) is 2.60. The Bertz CT molecular complexity index is 569. The van der Waals surface area contributed by atoms with Crippen LogP contribution in [0.3, 0.4) is 0 Å². The number of carbonyl (C=O) groups is 2. The summed E-state index contributed by atoms with van der Waals surface area (Å²) in [4.78, 5) is 26.4. The molecule has 0 fully saturated rings. The van der Waals surface area contributed by atoms with Gasteiger partial charge in [-0.05, 0) is 30.7 Å². The molecule has 112 valence electrons. The standard InChI is InChI=1S/C16H20N2O3/c1-3-8-18-14-6-5-13(10-12(14)11-15(18)19)17(4-2)9-7-16(20)21/h3,5-6,10H,1,4,7-9,11H2,2H3,(H,20,21). The fraction of sp³-hybridized carbons (Fsp3) is 0.375. The summed E-state index contributed by atoms with van der Waals surface area (Å²) < 4.78 is 0. The molecule has 0 atom stereocenters. The highest BCUT2D eigenvalue weighted by molar-refractivity contribution is 6.02. The van der Waals surface area contributed by atoms with Crippen molar-refractivity contribution in [2.24, 2.45) is 0 Å². The van der Waals surface area contributed by atoms with Crippen LogP contribution in [-0.4, -0.2) is 36.6 Å². The molecule has 0 aromatic heterocycles. The second kappa shape index (κ2) is 6.43. The molecule has 1 aliphatic rings. The highest BCUT2D eigenvalue weighted by atomic mass is 16.4. The summed E-state index contributed by atoms with van der Waals surface area (Å²) in [5.74, 6) is -0.724. The van der Waals surface area contributed by atoms with Crippen LogP contribution in [0.25, 0.3) is 0 Å². The van der Waals surface area contributed by atoms with Crippen LogP contribution in [0.1, 0.15) is 18.9 Å². The minimum absolute atomic E-state index is 0.0793. The third-order valence-electron chi connectivity index (χ3n) is 3.65. The van der Waals surface area contributed by atoms with Crippen molar-refractivity contribution in [2.75, 3.05) is 29.4 Å². The molecular formula is C16H20N2O3. The van der Waals surface area contributed by atoms with Gasteiger partial charge >= 0.3 is 5.97 Å². The van der Waals surface area contributed by atoms with Gasteiger partial charge in [0.1, 0.15) is 0 Å². The number of hydrogen-bond donors (Lipinski definition) is 1. The molecule has 2 rings (SSSR count). The Morgan fingerprint density at radius 3 is 2.90 bits per heavy atom. The van der Waals surface area contributed by atoms with E-state index in [1.165, 1.54) is 0 Å². The van der Waals surface area contributed by atoms with Gasteiger partial charge in [0.05, 0.1) is 12.8 Å². The van der Waals surface area contributed by atoms with E-state index in [1.807, 2.05) is 30.0 Å². The fourth-order valence-corrected chi connectivity index (χ4v) is 2.60. The van der Waals surface area contributed by atoms with E-state index in [0.717, 1.165) is 23.5 Å². The lowest BCUT2D eigenvalue weighted by Gasteiger charge is -2.23. The molecule has 0 saturated heterocycles. The molecule has 1 aromatic rings. The van der Waals surface area contributed by atoms with E-state index in [9.17, 15) is 9.59 Å². The van der Waals surface area contributed by atoms with Crippen LogP contribution >= 0.6 is 0 Å². The SMILES string of the molecule is C=CCN1C(=O)Cc2cc(N(CC)CCC(=O)O)ccc21. The molecule has 1 heterocycles. The van der Waals surface area contributed by atoms with Crippen LogP contribution in [0.4, 0.5) is 11.4 Å². The largest absolute Gasteiger partial charge is 0.481 e. The van der Waals surface area contributed by atoms with Crippen molar-refractivity contribution >= 4 is 23.3 Å². The Balaban J connectivity index is 2.21. The van der Waals surface area contributed by atoms with Gasteiger partial charge in [0.2, 0.25) is 5.91 Å². The first kappa shape index (κ1) is 15.1. The Hall–Kier alpha value is -2.30. The van der Waals surface area contributed by atoms with E-state index < -0.39 is 5.97 Å². The maximum Gasteiger partial charge on any atom is 0.305 e. The number of rotatable bonds is 7. The van der Waals surface area contributed by atoms with E-state index >= 15 is 0 Å². The predicted molar refractivity (Wildman–Crippen MR) is 82.8 cm³/mol. The van der Waals surface area contributed by atoms with Crippen molar-refractivity contribution < 1.29 is 14.7 Å². The van der Waals surface area contributed by atoms with Gasteiger partial charge < -0.3 is 14.9 Å². The molecule has 0 radical (unpaired) electrons. The van der Waals surface area contributed by atoms with Crippen LogP contribution in [-0.2, 0) is 16.0 Å². The van der Waals surface area contributed by atoms with Gasteiger partial charge in [0.25, 0.3) is 0 Å². The summed E-state index contributed by atoms with van der Waals surface area (Å²) >= 11 is 0. The third kappa shape index (κ3) is 3.24. The van der Waals surface area contributed by atoms with Crippen LogP contribution < -0.4 is 9.80 Å². The zero-order chi connectivity index (χ0) is 15.4. The highest BCUT2D eigenvalue weighted by Gasteiger charge is 2.26. The Kier molecular flexibility index (Phi) is 4.62. The van der Waals surface area contributed by atoms with E-state index in [0.29, 0.717) is 19.5 Å². The molecule has 1 aromatic carbocycles. The summed E-state index contributed by atoms with van der Waals surface area (Å²) in [6.45, 7) is 7.38. The average molecular weight is 288 g/mol. The summed E-state index contributed by atoms with van der Waals surface area (Å²) in [6, 6.07) is 5.86. The number of anilines is 2. The van der Waals surface area contributed by atoms with Crippen molar-refractivity contribution in [3.8, 4) is 0 Å². The number of benzene rings is 1. The Labute approximate surface area is 124 Å². The van der Waals surface area contributed by atoms with Gasteiger partial charge in [-0.25, -0.2) is 0 Å². The molecule has 0 saturated carbocycles. The summed E-state index contributed by atoms with van der Waals surface area (Å²) in [5.41, 5.74) is 2.89. The van der Waals surface area contributed by atoms with Gasteiger partial charge in [0, 0.05) is 31.0 Å². The van der Waals surface area contributed by atoms with Gasteiger partial charge in [0.15, 0.2) is 0 Å². The first-order valence-corrected chi connectivity index (χ1v) is 7.07. The molecule has 0 bridgehead atoms. The van der Waals surface area contributed by atoms with Gasteiger partial charge in [-0.1, -0.05) is 6.08 Å². The third-order valence-corrected chi connectivity index (χ3v) is 3.65. The molecule has 1 amide bonds. The molecule has 1 N–H and O–H groups in total. The van der Waals surface area contributed by atoms with Crippen molar-refractivity contribution in [3.63, 3.8) is 0 Å². The maximum absolute atomic E-state index is 12.0. The molecule has 0 aliphatic carbocycles. The number of aliphatic carboxylic acids is 1. The van der Waals surface area contributed by atoms with E-state index in [4.69, 9.17) is 5.11 Å². The number of hydrogen-bond acceptors (Lipinski definition) is 3. The van der Waals surface area contributed by atoms with Crippen molar-refractivity contribution in [2.45, 2.75) is 19.8 Å². The predicted octanol–water partition coefficient (Wildman–Crippen LogP) is 2.06. The van der Waals surface area contributed by atoms with Crippen LogP contribution in [0, 0.1) is 0 Å². The lowest BCUT2D eigenvalue weighted by molar-refractivity contribution is -0.136. The summed E-state index contributed by atoms with van der Waals surface area (Å²) in [7, 11) is 0. The average Bonchev–Trinajstić information content (AvgIpc) is 2.75. The number of amides is 1. The van der Waals surface area contributed by atoms with Gasteiger partial charge in [-0.2, -0.15) is 0 Å². The smallest absolute Gasteiger partial charge is 0.305 e. The zero-order valence-corrected chi connectivity index (χ0v) is 12.2. The monoisotopic (exact) mass is 288 g/mol. The highest BCUT2D eigenvalue weighted by Crippen LogP contribution is 2.32. The van der Waals surface area contributed by atoms with Crippen LogP contribution in [0.5, 0.6) is 0 Å². The lowest BCUT2D eigenvalue weighted by Crippen LogP contribution is -2.26. The molecular weight excluding hydrogens is 268 g/mol. The number of carboxylic acids is 1.